The molecule has 1 aliphatic rings. The summed E-state index contributed by atoms with van der Waals surface area (Å²) in [6, 6.07) is 16.6. The van der Waals surface area contributed by atoms with E-state index in [0.29, 0.717) is 6.54 Å². The second-order valence-electron chi connectivity index (χ2n) is 7.04. The molecule has 0 saturated heterocycles. The molecule has 138 valence electrons. The Kier molecular flexibility index (Phi) is 5.94. The van der Waals surface area contributed by atoms with Gasteiger partial charge in [0.15, 0.2) is 0 Å². The van der Waals surface area contributed by atoms with Gasteiger partial charge in [-0.1, -0.05) is 42.5 Å². The molecule has 3 rings (SSSR count). The van der Waals surface area contributed by atoms with Crippen molar-refractivity contribution >= 4 is 5.91 Å². The minimum absolute atomic E-state index is 0.0657. The van der Waals surface area contributed by atoms with Crippen LogP contribution in [0.15, 0.2) is 48.5 Å². The maximum atomic E-state index is 12.6. The number of benzene rings is 2. The van der Waals surface area contributed by atoms with Crippen molar-refractivity contribution in [1.82, 2.24) is 10.2 Å². The maximum absolute atomic E-state index is 12.6. The number of hydrogen-bond acceptors (Lipinski definition) is 3. The van der Waals surface area contributed by atoms with Crippen LogP contribution < -0.4 is 10.1 Å². The van der Waals surface area contributed by atoms with Crippen molar-refractivity contribution in [2.45, 2.75) is 38.3 Å². The summed E-state index contributed by atoms with van der Waals surface area (Å²) in [5.41, 5.74) is 3.72. The van der Waals surface area contributed by atoms with E-state index in [1.807, 2.05) is 25.2 Å². The number of nitrogens with zero attached hydrogens (tertiary/aromatic N) is 1. The number of hydrogen-bond donors (Lipinski definition) is 1. The predicted octanol–water partition coefficient (Wildman–Crippen LogP) is 3.88. The Bertz CT molecular complexity index is 759. The Hall–Kier alpha value is -2.33. The summed E-state index contributed by atoms with van der Waals surface area (Å²) >= 11 is 0. The molecular weight excluding hydrogens is 324 g/mol. The largest absolute Gasteiger partial charge is 0.496 e. The summed E-state index contributed by atoms with van der Waals surface area (Å²) in [5, 5.41) is 3.23. The van der Waals surface area contributed by atoms with Gasteiger partial charge in [0.2, 0.25) is 5.91 Å². The average Bonchev–Trinajstić information content (AvgIpc) is 2.67. The Labute approximate surface area is 156 Å². The molecule has 4 nitrogen and oxygen atoms in total. The predicted molar refractivity (Wildman–Crippen MR) is 104 cm³/mol. The van der Waals surface area contributed by atoms with Gasteiger partial charge in [-0.25, -0.2) is 0 Å². The SMILES string of the molecule is COc1ccccc1C(C)N(C)CC(=O)NC1CCCc2ccccc21. The highest BCUT2D eigenvalue weighted by molar-refractivity contribution is 5.78. The Morgan fingerprint density at radius 1 is 1.23 bits per heavy atom. The van der Waals surface area contributed by atoms with Crippen LogP contribution in [-0.2, 0) is 11.2 Å². The smallest absolute Gasteiger partial charge is 0.234 e. The molecule has 0 radical (unpaired) electrons. The van der Waals surface area contributed by atoms with Gasteiger partial charge in [-0.15, -0.1) is 0 Å². The van der Waals surface area contributed by atoms with Gasteiger partial charge >= 0.3 is 0 Å². The highest BCUT2D eigenvalue weighted by Gasteiger charge is 2.23. The number of carbonyl (C=O) groups is 1. The van der Waals surface area contributed by atoms with E-state index in [-0.39, 0.29) is 18.0 Å². The summed E-state index contributed by atoms with van der Waals surface area (Å²) < 4.78 is 5.45. The highest BCUT2D eigenvalue weighted by Crippen LogP contribution is 2.30. The molecule has 1 aliphatic carbocycles. The number of fused-ring (bicyclic) bond motifs is 1. The number of ether oxygens (including phenoxy) is 1. The Balaban J connectivity index is 1.63. The number of carbonyl (C=O) groups excluding carboxylic acids is 1. The molecule has 26 heavy (non-hydrogen) atoms. The Morgan fingerprint density at radius 3 is 2.77 bits per heavy atom. The molecule has 2 aromatic carbocycles. The highest BCUT2D eigenvalue weighted by atomic mass is 16.5. The number of rotatable bonds is 6. The molecule has 1 N–H and O–H groups in total. The number of methoxy groups -OCH3 is 1. The van der Waals surface area contributed by atoms with E-state index >= 15 is 0 Å². The van der Waals surface area contributed by atoms with Gasteiger partial charge in [-0.3, -0.25) is 9.69 Å². The summed E-state index contributed by atoms with van der Waals surface area (Å²) in [5.74, 6) is 0.921. The normalized spacial score (nSPS) is 17.5. The van der Waals surface area contributed by atoms with Gasteiger partial charge in [0.05, 0.1) is 19.7 Å². The summed E-state index contributed by atoms with van der Waals surface area (Å²) in [6.45, 7) is 2.46. The van der Waals surface area contributed by atoms with E-state index in [4.69, 9.17) is 4.74 Å². The molecule has 2 atom stereocenters. The van der Waals surface area contributed by atoms with Crippen molar-refractivity contribution < 1.29 is 9.53 Å². The summed E-state index contributed by atoms with van der Waals surface area (Å²) in [4.78, 5) is 14.7. The van der Waals surface area contributed by atoms with Crippen molar-refractivity contribution in [3.8, 4) is 5.75 Å². The molecule has 1 amide bonds. The van der Waals surface area contributed by atoms with Crippen molar-refractivity contribution in [3.63, 3.8) is 0 Å². The molecule has 0 fully saturated rings. The molecule has 0 spiro atoms. The number of amides is 1. The zero-order valence-electron chi connectivity index (χ0n) is 15.9. The third-order valence-corrected chi connectivity index (χ3v) is 5.35. The summed E-state index contributed by atoms with van der Waals surface area (Å²) in [6.07, 6.45) is 3.23. The van der Waals surface area contributed by atoms with Gasteiger partial charge in [0.25, 0.3) is 0 Å². The molecule has 4 heteroatoms. The molecular formula is C22H28N2O2. The van der Waals surface area contributed by atoms with Crippen LogP contribution in [0, 0.1) is 0 Å². The lowest BCUT2D eigenvalue weighted by molar-refractivity contribution is -0.123. The van der Waals surface area contributed by atoms with Crippen LogP contribution in [0.1, 0.15) is 48.5 Å². The molecule has 2 aromatic rings. The molecule has 0 saturated carbocycles. The topological polar surface area (TPSA) is 41.6 Å². The van der Waals surface area contributed by atoms with Gasteiger partial charge in [-0.05, 0) is 50.4 Å². The summed E-state index contributed by atoms with van der Waals surface area (Å²) in [7, 11) is 3.66. The second-order valence-corrected chi connectivity index (χ2v) is 7.04. The molecule has 0 aliphatic heterocycles. The lowest BCUT2D eigenvalue weighted by Crippen LogP contribution is -2.39. The van der Waals surface area contributed by atoms with E-state index in [1.165, 1.54) is 11.1 Å². The van der Waals surface area contributed by atoms with Crippen LogP contribution in [-0.4, -0.2) is 31.5 Å². The number of likely N-dealkylation sites (N-methyl/N-ethyl adjacent to an activating group) is 1. The number of para-hydroxylation sites is 1. The van der Waals surface area contributed by atoms with Crippen LogP contribution in [0.5, 0.6) is 5.75 Å². The van der Waals surface area contributed by atoms with E-state index in [9.17, 15) is 4.79 Å². The average molecular weight is 352 g/mol. The Morgan fingerprint density at radius 2 is 1.96 bits per heavy atom. The van der Waals surface area contributed by atoms with Crippen LogP contribution in [0.25, 0.3) is 0 Å². The fourth-order valence-electron chi connectivity index (χ4n) is 3.76. The first-order chi connectivity index (χ1) is 12.6. The van der Waals surface area contributed by atoms with Crippen molar-refractivity contribution in [1.29, 1.82) is 0 Å². The number of nitrogens with one attached hydrogen (secondary N) is 1. The molecule has 0 heterocycles. The first-order valence-corrected chi connectivity index (χ1v) is 9.30. The third kappa shape index (κ3) is 4.07. The van der Waals surface area contributed by atoms with Crippen molar-refractivity contribution in [2.75, 3.05) is 20.7 Å². The maximum Gasteiger partial charge on any atom is 0.234 e. The van der Waals surface area contributed by atoms with E-state index < -0.39 is 0 Å². The van der Waals surface area contributed by atoms with Crippen LogP contribution >= 0.6 is 0 Å². The van der Waals surface area contributed by atoms with E-state index in [0.717, 1.165) is 30.6 Å². The first-order valence-electron chi connectivity index (χ1n) is 9.30. The fourth-order valence-corrected chi connectivity index (χ4v) is 3.76. The monoisotopic (exact) mass is 352 g/mol. The van der Waals surface area contributed by atoms with Gasteiger partial charge in [0, 0.05) is 11.6 Å². The van der Waals surface area contributed by atoms with Crippen LogP contribution in [0.3, 0.4) is 0 Å². The van der Waals surface area contributed by atoms with E-state index in [2.05, 4.69) is 47.5 Å². The number of aryl methyl sites for hydroxylation is 1. The zero-order valence-corrected chi connectivity index (χ0v) is 15.9. The third-order valence-electron chi connectivity index (χ3n) is 5.35. The zero-order chi connectivity index (χ0) is 18.5. The van der Waals surface area contributed by atoms with Gasteiger partial charge < -0.3 is 10.1 Å². The second kappa shape index (κ2) is 8.37. The minimum atomic E-state index is 0.0657. The first kappa shape index (κ1) is 18.5. The molecule has 0 aromatic heterocycles. The lowest BCUT2D eigenvalue weighted by atomic mass is 9.88. The minimum Gasteiger partial charge on any atom is -0.496 e. The van der Waals surface area contributed by atoms with Crippen LogP contribution in [0.4, 0.5) is 0 Å². The quantitative estimate of drug-likeness (QED) is 0.858. The molecule has 2 unspecified atom stereocenters. The standard InChI is InChI=1S/C22H28N2O2/c1-16(18-11-6-7-14-21(18)26-3)24(2)15-22(25)23-20-13-8-10-17-9-4-5-12-19(17)20/h4-7,9,11-12,14,16,20H,8,10,13,15H2,1-3H3,(H,23,25). The van der Waals surface area contributed by atoms with E-state index in [1.54, 1.807) is 7.11 Å². The fraction of sp³-hybridized carbons (Fsp3) is 0.409. The van der Waals surface area contributed by atoms with Crippen LogP contribution in [0.2, 0.25) is 0 Å². The van der Waals surface area contributed by atoms with Gasteiger partial charge in [-0.2, -0.15) is 0 Å². The van der Waals surface area contributed by atoms with Crippen molar-refractivity contribution in [2.24, 2.45) is 0 Å². The lowest BCUT2D eigenvalue weighted by Gasteiger charge is -2.29. The van der Waals surface area contributed by atoms with Crippen molar-refractivity contribution in [3.05, 3.63) is 65.2 Å². The van der Waals surface area contributed by atoms with Gasteiger partial charge in [0.1, 0.15) is 5.75 Å². The molecule has 0 bridgehead atoms.